The van der Waals surface area contributed by atoms with E-state index in [1.807, 2.05) is 23.5 Å². The topological polar surface area (TPSA) is 41.8 Å². The van der Waals surface area contributed by atoms with Crippen LogP contribution in [-0.2, 0) is 6.42 Å². The van der Waals surface area contributed by atoms with E-state index in [4.69, 9.17) is 28.9 Å². The number of aromatic amines is 1. The number of unbranched alkanes of at least 4 members (excludes halogenated alkanes) is 1. The number of thiophene rings is 1. The van der Waals surface area contributed by atoms with Crippen LogP contribution in [0.15, 0.2) is 54.6 Å². The summed E-state index contributed by atoms with van der Waals surface area (Å²) in [7, 11) is 0. The maximum absolute atomic E-state index is 6.61. The molecule has 0 fully saturated rings. The first-order valence-electron chi connectivity index (χ1n) is 9.77. The summed E-state index contributed by atoms with van der Waals surface area (Å²) >= 11 is 14.7. The van der Waals surface area contributed by atoms with Crippen LogP contribution in [0.3, 0.4) is 0 Å². The molecular formula is C24H20Cl2N2S. The number of fused-ring (bicyclic) bond motifs is 4. The molecule has 5 aromatic rings. The van der Waals surface area contributed by atoms with Gasteiger partial charge in [-0.1, -0.05) is 47.5 Å². The molecule has 3 aromatic carbocycles. The van der Waals surface area contributed by atoms with Crippen molar-refractivity contribution < 1.29 is 0 Å². The van der Waals surface area contributed by atoms with Crippen LogP contribution in [0.4, 0.5) is 0 Å². The van der Waals surface area contributed by atoms with Crippen LogP contribution in [0, 0.1) is 0 Å². The lowest BCUT2D eigenvalue weighted by Crippen LogP contribution is -1.99. The molecule has 2 aromatic heterocycles. The van der Waals surface area contributed by atoms with Crippen molar-refractivity contribution in [3.63, 3.8) is 0 Å². The maximum atomic E-state index is 6.61. The van der Waals surface area contributed by atoms with Crippen LogP contribution in [0.1, 0.15) is 18.4 Å². The Morgan fingerprint density at radius 2 is 1.72 bits per heavy atom. The summed E-state index contributed by atoms with van der Waals surface area (Å²) in [5.74, 6) is 0. The number of nitrogens with two attached hydrogens (primary N) is 1. The molecule has 5 heteroatoms. The number of nitrogens with one attached hydrogen (secondary N) is 1. The van der Waals surface area contributed by atoms with E-state index in [0.717, 1.165) is 35.9 Å². The van der Waals surface area contributed by atoms with Crippen molar-refractivity contribution in [1.29, 1.82) is 0 Å². The van der Waals surface area contributed by atoms with Crippen LogP contribution >= 0.6 is 34.5 Å². The zero-order valence-corrected chi connectivity index (χ0v) is 18.1. The molecule has 0 bridgehead atoms. The van der Waals surface area contributed by atoms with Gasteiger partial charge in [0.2, 0.25) is 0 Å². The lowest BCUT2D eigenvalue weighted by atomic mass is 9.99. The molecule has 0 aliphatic carbocycles. The summed E-state index contributed by atoms with van der Waals surface area (Å²) < 4.78 is 2.62. The Bertz CT molecular complexity index is 1350. The molecule has 0 unspecified atom stereocenters. The van der Waals surface area contributed by atoms with Crippen molar-refractivity contribution in [2.75, 3.05) is 6.54 Å². The van der Waals surface area contributed by atoms with Gasteiger partial charge in [0, 0.05) is 41.8 Å². The molecule has 0 spiro atoms. The van der Waals surface area contributed by atoms with Crippen molar-refractivity contribution in [2.24, 2.45) is 5.73 Å². The summed E-state index contributed by atoms with van der Waals surface area (Å²) in [5, 5.41) is 5.00. The summed E-state index contributed by atoms with van der Waals surface area (Å²) in [6, 6.07) is 19.1. The molecule has 0 aliphatic rings. The molecule has 0 aliphatic heterocycles. The molecule has 0 amide bonds. The fraction of sp³-hybridized carbons (Fsp3) is 0.167. The van der Waals surface area contributed by atoms with E-state index in [2.05, 4.69) is 47.4 Å². The van der Waals surface area contributed by atoms with Crippen LogP contribution in [-0.4, -0.2) is 11.5 Å². The minimum Gasteiger partial charge on any atom is -0.354 e. The summed E-state index contributed by atoms with van der Waals surface area (Å²) in [6.45, 7) is 0.699. The van der Waals surface area contributed by atoms with Crippen LogP contribution in [0.25, 0.3) is 42.3 Å². The first-order valence-corrected chi connectivity index (χ1v) is 11.3. The number of aromatic nitrogens is 1. The van der Waals surface area contributed by atoms with Gasteiger partial charge < -0.3 is 10.7 Å². The molecule has 2 heterocycles. The van der Waals surface area contributed by atoms with Gasteiger partial charge in [-0.15, -0.1) is 11.3 Å². The highest BCUT2D eigenvalue weighted by molar-refractivity contribution is 7.25. The Kier molecular flexibility index (Phi) is 5.00. The van der Waals surface area contributed by atoms with Crippen molar-refractivity contribution >= 4 is 65.6 Å². The second-order valence-electron chi connectivity index (χ2n) is 7.34. The minimum atomic E-state index is 0.642. The van der Waals surface area contributed by atoms with Gasteiger partial charge >= 0.3 is 0 Å². The highest BCUT2D eigenvalue weighted by Crippen LogP contribution is 2.40. The minimum absolute atomic E-state index is 0.642. The molecule has 2 nitrogen and oxygen atoms in total. The molecule has 3 N–H and O–H groups in total. The van der Waals surface area contributed by atoms with Crippen molar-refractivity contribution in [3.05, 3.63) is 70.2 Å². The predicted molar refractivity (Wildman–Crippen MR) is 129 cm³/mol. The highest BCUT2D eigenvalue weighted by Gasteiger charge is 2.17. The first-order chi connectivity index (χ1) is 14.2. The average molecular weight is 439 g/mol. The van der Waals surface area contributed by atoms with Crippen LogP contribution < -0.4 is 5.73 Å². The smallest absolute Gasteiger partial charge is 0.0517 e. The van der Waals surface area contributed by atoms with E-state index in [1.54, 1.807) is 0 Å². The van der Waals surface area contributed by atoms with Crippen LogP contribution in [0.2, 0.25) is 10.0 Å². The molecule has 146 valence electrons. The SMILES string of the molecule is NCCCCc1c(-c2ccc3sc4ccccc4c3c2)[nH]c2cc(Cl)cc(Cl)c12. The van der Waals surface area contributed by atoms with Gasteiger partial charge in [-0.2, -0.15) is 0 Å². The van der Waals surface area contributed by atoms with Gasteiger partial charge in [0.15, 0.2) is 0 Å². The third-order valence-corrected chi connectivity index (χ3v) is 7.13. The van der Waals surface area contributed by atoms with Gasteiger partial charge in [0.05, 0.1) is 5.02 Å². The fourth-order valence-electron chi connectivity index (χ4n) is 4.14. The Morgan fingerprint density at radius 3 is 2.59 bits per heavy atom. The number of halogens is 2. The van der Waals surface area contributed by atoms with E-state index >= 15 is 0 Å². The highest BCUT2D eigenvalue weighted by atomic mass is 35.5. The Labute approximate surface area is 183 Å². The van der Waals surface area contributed by atoms with E-state index in [9.17, 15) is 0 Å². The van der Waals surface area contributed by atoms with Crippen LogP contribution in [0.5, 0.6) is 0 Å². The number of hydrogen-bond donors (Lipinski definition) is 2. The van der Waals surface area contributed by atoms with E-state index in [1.165, 1.54) is 31.3 Å². The van der Waals surface area contributed by atoms with Crippen molar-refractivity contribution in [1.82, 2.24) is 4.98 Å². The molecule has 5 rings (SSSR count). The predicted octanol–water partition coefficient (Wildman–Crippen LogP) is 7.79. The van der Waals surface area contributed by atoms with Crippen molar-refractivity contribution in [3.8, 4) is 11.3 Å². The van der Waals surface area contributed by atoms with Gasteiger partial charge in [-0.05, 0) is 67.3 Å². The molecule has 29 heavy (non-hydrogen) atoms. The molecule has 0 saturated carbocycles. The standard InChI is InChI=1S/C24H20Cl2N2S/c25-15-12-19(26)23-17(6-3-4-10-27)24(28-20(23)13-15)14-8-9-22-18(11-14)16-5-1-2-7-21(16)29-22/h1-2,5,7-9,11-13,28H,3-4,6,10,27H2. The zero-order valence-electron chi connectivity index (χ0n) is 15.8. The van der Waals surface area contributed by atoms with Crippen molar-refractivity contribution in [2.45, 2.75) is 19.3 Å². The van der Waals surface area contributed by atoms with Gasteiger partial charge in [0.25, 0.3) is 0 Å². The summed E-state index contributed by atoms with van der Waals surface area (Å²) in [6.07, 6.45) is 2.95. The Hall–Kier alpha value is -2.04. The number of benzene rings is 3. The lowest BCUT2D eigenvalue weighted by Gasteiger charge is -2.07. The van der Waals surface area contributed by atoms with Gasteiger partial charge in [-0.3, -0.25) is 0 Å². The normalized spacial score (nSPS) is 11.8. The number of rotatable bonds is 5. The molecule has 0 saturated heterocycles. The summed E-state index contributed by atoms with van der Waals surface area (Å²) in [4.78, 5) is 3.60. The quantitative estimate of drug-likeness (QED) is 0.270. The van der Waals surface area contributed by atoms with Gasteiger partial charge in [-0.25, -0.2) is 0 Å². The second-order valence-corrected chi connectivity index (χ2v) is 9.27. The number of hydrogen-bond acceptors (Lipinski definition) is 2. The summed E-state index contributed by atoms with van der Waals surface area (Å²) in [5.41, 5.74) is 10.3. The first kappa shape index (κ1) is 19.0. The van der Waals surface area contributed by atoms with E-state index in [0.29, 0.717) is 16.6 Å². The molecular weight excluding hydrogens is 419 g/mol. The zero-order chi connectivity index (χ0) is 20.0. The van der Waals surface area contributed by atoms with E-state index in [-0.39, 0.29) is 0 Å². The number of H-pyrrole nitrogens is 1. The average Bonchev–Trinajstić information content (AvgIpc) is 3.26. The Morgan fingerprint density at radius 1 is 0.897 bits per heavy atom. The number of aryl methyl sites for hydroxylation is 1. The second kappa shape index (κ2) is 7.66. The lowest BCUT2D eigenvalue weighted by molar-refractivity contribution is 0.748. The molecule has 0 atom stereocenters. The third kappa shape index (κ3) is 3.32. The fourth-order valence-corrected chi connectivity index (χ4v) is 5.83. The largest absolute Gasteiger partial charge is 0.354 e. The monoisotopic (exact) mass is 438 g/mol. The van der Waals surface area contributed by atoms with Gasteiger partial charge in [0.1, 0.15) is 0 Å². The molecule has 0 radical (unpaired) electrons. The maximum Gasteiger partial charge on any atom is 0.0517 e. The Balaban J connectivity index is 1.73. The van der Waals surface area contributed by atoms with E-state index < -0.39 is 0 Å². The third-order valence-electron chi connectivity index (χ3n) is 5.46.